The van der Waals surface area contributed by atoms with Crippen molar-refractivity contribution >= 4 is 29.2 Å². The summed E-state index contributed by atoms with van der Waals surface area (Å²) < 4.78 is 11.4. The Kier molecular flexibility index (Phi) is 7.13. The zero-order valence-corrected chi connectivity index (χ0v) is 23.7. The smallest absolute Gasteiger partial charge is 0.325 e. The number of nitro benzene ring substituents is 1. The fourth-order valence-corrected chi connectivity index (χ4v) is 6.76. The number of carboxylic acid groups (broad SMARTS) is 1. The minimum atomic E-state index is -1.88. The maximum atomic E-state index is 14.5. The molecule has 2 N–H and O–H groups in total. The van der Waals surface area contributed by atoms with E-state index in [2.05, 4.69) is 5.32 Å². The first kappa shape index (κ1) is 28.4. The third-order valence-electron chi connectivity index (χ3n) is 8.78. The Labute approximate surface area is 247 Å². The third kappa shape index (κ3) is 4.51. The molecule has 6 rings (SSSR count). The molecule has 3 heterocycles. The van der Waals surface area contributed by atoms with Gasteiger partial charge in [-0.3, -0.25) is 29.8 Å². The number of nitrogens with one attached hydrogen (secondary N) is 1. The highest BCUT2D eigenvalue weighted by molar-refractivity contribution is 6.25. The second-order valence-electron chi connectivity index (χ2n) is 11.0. The topological polar surface area (TPSA) is 148 Å². The van der Waals surface area contributed by atoms with Crippen LogP contribution >= 0.6 is 0 Å². The van der Waals surface area contributed by atoms with Crippen molar-refractivity contribution in [1.29, 1.82) is 0 Å². The molecule has 11 nitrogen and oxygen atoms in total. The van der Waals surface area contributed by atoms with Gasteiger partial charge >= 0.3 is 5.97 Å². The van der Waals surface area contributed by atoms with Gasteiger partial charge in [-0.1, -0.05) is 50.2 Å². The van der Waals surface area contributed by atoms with E-state index in [0.717, 1.165) is 11.1 Å². The van der Waals surface area contributed by atoms with Gasteiger partial charge in [-0.05, 0) is 47.2 Å². The highest BCUT2D eigenvalue weighted by Gasteiger charge is 2.69. The largest absolute Gasteiger partial charge is 0.486 e. The van der Waals surface area contributed by atoms with Gasteiger partial charge in [0.25, 0.3) is 5.69 Å². The SMILES string of the molecule is CCc1cccc(CC)c1N1C(=O)C2C(c3ccc4c(c3)OCCO4)NC(Cc3ccc([N+](=O)[O-])cc3)(C(=O)O)C2C1=O. The molecule has 0 bridgehead atoms. The van der Waals surface area contributed by atoms with E-state index in [4.69, 9.17) is 9.47 Å². The number of carbonyl (C=O) groups excluding carboxylic acids is 2. The van der Waals surface area contributed by atoms with Crippen molar-refractivity contribution < 1.29 is 33.9 Å². The van der Waals surface area contributed by atoms with Crippen LogP contribution in [0, 0.1) is 22.0 Å². The number of aryl methyl sites for hydroxylation is 2. The molecule has 11 heteroatoms. The van der Waals surface area contributed by atoms with Crippen LogP contribution in [0.3, 0.4) is 0 Å². The quantitative estimate of drug-likeness (QED) is 0.227. The molecule has 222 valence electrons. The number of nitrogens with zero attached hydrogens (tertiary/aromatic N) is 2. The molecule has 0 spiro atoms. The number of amides is 2. The first-order valence-corrected chi connectivity index (χ1v) is 14.3. The third-order valence-corrected chi connectivity index (χ3v) is 8.78. The first-order chi connectivity index (χ1) is 20.7. The summed E-state index contributed by atoms with van der Waals surface area (Å²) in [5, 5.41) is 25.3. The van der Waals surface area contributed by atoms with E-state index >= 15 is 0 Å². The fraction of sp³-hybridized carbons (Fsp3) is 0.344. The van der Waals surface area contributed by atoms with Crippen LogP contribution in [0.5, 0.6) is 11.5 Å². The van der Waals surface area contributed by atoms with E-state index in [-0.39, 0.29) is 12.1 Å². The van der Waals surface area contributed by atoms with E-state index in [9.17, 15) is 29.6 Å². The lowest BCUT2D eigenvalue weighted by Crippen LogP contribution is -2.57. The highest BCUT2D eigenvalue weighted by Crippen LogP contribution is 2.52. The lowest BCUT2D eigenvalue weighted by molar-refractivity contribution is -0.384. The summed E-state index contributed by atoms with van der Waals surface area (Å²) in [6.45, 7) is 4.63. The van der Waals surface area contributed by atoms with E-state index in [0.29, 0.717) is 54.4 Å². The molecule has 4 atom stereocenters. The van der Waals surface area contributed by atoms with Gasteiger partial charge in [-0.15, -0.1) is 0 Å². The van der Waals surface area contributed by atoms with Crippen LogP contribution in [0.25, 0.3) is 0 Å². The summed E-state index contributed by atoms with van der Waals surface area (Å²) >= 11 is 0. The van der Waals surface area contributed by atoms with E-state index in [1.807, 2.05) is 32.0 Å². The fourth-order valence-electron chi connectivity index (χ4n) is 6.76. The summed E-state index contributed by atoms with van der Waals surface area (Å²) in [5.41, 5.74) is 1.21. The number of hydrogen-bond acceptors (Lipinski definition) is 8. The monoisotopic (exact) mass is 585 g/mol. The number of anilines is 1. The molecule has 3 aromatic rings. The van der Waals surface area contributed by atoms with Crippen molar-refractivity contribution in [3.63, 3.8) is 0 Å². The van der Waals surface area contributed by atoms with Crippen molar-refractivity contribution in [2.24, 2.45) is 11.8 Å². The maximum Gasteiger partial charge on any atom is 0.325 e. The number of fused-ring (bicyclic) bond motifs is 2. The summed E-state index contributed by atoms with van der Waals surface area (Å²) in [7, 11) is 0. The number of non-ortho nitro benzene ring substituents is 1. The van der Waals surface area contributed by atoms with Gasteiger partial charge in [0.2, 0.25) is 11.8 Å². The Morgan fingerprint density at radius 3 is 2.26 bits per heavy atom. The average Bonchev–Trinajstić information content (AvgIpc) is 3.49. The second-order valence-corrected chi connectivity index (χ2v) is 11.0. The molecular formula is C32H31N3O8. The molecule has 3 aromatic carbocycles. The van der Waals surface area contributed by atoms with Gasteiger partial charge < -0.3 is 14.6 Å². The normalized spacial score (nSPS) is 24.2. The summed E-state index contributed by atoms with van der Waals surface area (Å²) in [6.07, 6.45) is 0.976. The Hall–Kier alpha value is -4.77. The standard InChI is InChI=1S/C32H31N3O8/c1-3-19-6-5-7-20(4-2)28(19)34-29(36)25-26(30(34)37)32(31(38)39,17-18-8-11-22(12-9-18)35(40)41)33-27(25)21-10-13-23-24(16-21)43-15-14-42-23/h5-13,16,25-27,33H,3-4,14-15,17H2,1-2H3,(H,38,39). The molecule has 0 radical (unpaired) electrons. The maximum absolute atomic E-state index is 14.5. The van der Waals surface area contributed by atoms with Gasteiger partial charge in [-0.2, -0.15) is 0 Å². The van der Waals surface area contributed by atoms with Crippen molar-refractivity contribution in [2.45, 2.75) is 44.7 Å². The molecule has 4 unspecified atom stereocenters. The second kappa shape index (κ2) is 10.8. The van der Waals surface area contributed by atoms with Gasteiger partial charge in [0.1, 0.15) is 18.8 Å². The number of aliphatic carboxylic acids is 1. The summed E-state index contributed by atoms with van der Waals surface area (Å²) in [4.78, 5) is 54.1. The van der Waals surface area contributed by atoms with Crippen molar-refractivity contribution in [2.75, 3.05) is 18.1 Å². The number of carbonyl (C=O) groups is 3. The van der Waals surface area contributed by atoms with E-state index in [1.165, 1.54) is 29.2 Å². The molecule has 0 aromatic heterocycles. The lowest BCUT2D eigenvalue weighted by atomic mass is 9.76. The Bertz CT molecular complexity index is 1620. The number of benzene rings is 3. The van der Waals surface area contributed by atoms with Gasteiger partial charge in [0, 0.05) is 24.6 Å². The van der Waals surface area contributed by atoms with Crippen molar-refractivity contribution in [3.8, 4) is 11.5 Å². The first-order valence-electron chi connectivity index (χ1n) is 14.3. The predicted octanol–water partition coefficient (Wildman–Crippen LogP) is 4.01. The molecule has 2 amide bonds. The van der Waals surface area contributed by atoms with Crippen LogP contribution in [-0.4, -0.2) is 46.6 Å². The van der Waals surface area contributed by atoms with Crippen LogP contribution in [0.4, 0.5) is 11.4 Å². The van der Waals surface area contributed by atoms with Crippen LogP contribution < -0.4 is 19.7 Å². The molecule has 0 saturated carbocycles. The molecular weight excluding hydrogens is 554 g/mol. The Morgan fingerprint density at radius 1 is 1.00 bits per heavy atom. The number of rotatable bonds is 8. The zero-order chi connectivity index (χ0) is 30.5. The number of imide groups is 1. The minimum Gasteiger partial charge on any atom is -0.486 e. The molecule has 2 fully saturated rings. The minimum absolute atomic E-state index is 0.138. The molecule has 0 aliphatic carbocycles. The van der Waals surface area contributed by atoms with Gasteiger partial charge in [0.15, 0.2) is 11.5 Å². The molecule has 3 aliphatic heterocycles. The number of ether oxygens (including phenoxy) is 2. The van der Waals surface area contributed by atoms with Gasteiger partial charge in [-0.25, -0.2) is 4.90 Å². The summed E-state index contributed by atoms with van der Waals surface area (Å²) in [5.74, 6) is -3.60. The predicted molar refractivity (Wildman–Crippen MR) is 155 cm³/mol. The van der Waals surface area contributed by atoms with E-state index in [1.54, 1.807) is 18.2 Å². The Balaban J connectivity index is 1.50. The van der Waals surface area contributed by atoms with Crippen LogP contribution in [0.15, 0.2) is 60.7 Å². The average molecular weight is 586 g/mol. The molecule has 2 saturated heterocycles. The number of hydrogen-bond donors (Lipinski definition) is 2. The van der Waals surface area contributed by atoms with Crippen LogP contribution in [0.2, 0.25) is 0 Å². The van der Waals surface area contributed by atoms with Crippen LogP contribution in [-0.2, 0) is 33.6 Å². The van der Waals surface area contributed by atoms with E-state index < -0.39 is 46.1 Å². The van der Waals surface area contributed by atoms with Gasteiger partial charge in [0.05, 0.1) is 22.4 Å². The summed E-state index contributed by atoms with van der Waals surface area (Å²) in [6, 6.07) is 15.6. The van der Waals surface area contributed by atoms with Crippen molar-refractivity contribution in [1.82, 2.24) is 5.32 Å². The lowest BCUT2D eigenvalue weighted by Gasteiger charge is -2.32. The zero-order valence-electron chi connectivity index (χ0n) is 23.7. The number of carboxylic acids is 1. The number of nitro groups is 1. The molecule has 43 heavy (non-hydrogen) atoms. The van der Waals surface area contributed by atoms with Crippen molar-refractivity contribution in [3.05, 3.63) is 93.0 Å². The Morgan fingerprint density at radius 2 is 1.65 bits per heavy atom. The number of para-hydroxylation sites is 1. The molecule has 3 aliphatic rings. The van der Waals surface area contributed by atoms with Crippen LogP contribution in [0.1, 0.15) is 42.1 Å². The highest BCUT2D eigenvalue weighted by atomic mass is 16.6.